The molecule has 21 heavy (non-hydrogen) atoms. The highest BCUT2D eigenvalue weighted by atomic mass is 32.1. The van der Waals surface area contributed by atoms with Crippen LogP contribution in [0.5, 0.6) is 0 Å². The summed E-state index contributed by atoms with van der Waals surface area (Å²) in [5, 5.41) is 13.0. The summed E-state index contributed by atoms with van der Waals surface area (Å²) in [6, 6.07) is 3.47. The molecule has 5 nitrogen and oxygen atoms in total. The van der Waals surface area contributed by atoms with Crippen LogP contribution in [0, 0.1) is 20.8 Å². The first kappa shape index (κ1) is 15.2. The Morgan fingerprint density at radius 2 is 1.81 bits per heavy atom. The van der Waals surface area contributed by atoms with E-state index in [0.717, 1.165) is 9.88 Å². The number of carboxylic acid groups (broad SMARTS) is 1. The van der Waals surface area contributed by atoms with Gasteiger partial charge in [-0.2, -0.15) is 0 Å². The molecular formula is C15H16N2O3S. The molecule has 0 fully saturated rings. The number of aryl methyl sites for hydroxylation is 3. The molecule has 0 aliphatic carbocycles. The predicted octanol–water partition coefficient (Wildman–Crippen LogP) is 2.70. The quantitative estimate of drug-likeness (QED) is 0.910. The molecule has 0 aliphatic rings. The van der Waals surface area contributed by atoms with E-state index in [4.69, 9.17) is 0 Å². The molecule has 0 bridgehead atoms. The Bertz CT molecular complexity index is 707. The number of thiazole rings is 1. The molecule has 2 aromatic rings. The first-order chi connectivity index (χ1) is 9.90. The number of hydrogen-bond donors (Lipinski definition) is 2. The second-order valence-electron chi connectivity index (χ2n) is 4.78. The minimum absolute atomic E-state index is 0.0629. The topological polar surface area (TPSA) is 79.3 Å². The molecule has 0 saturated carbocycles. The first-order valence-corrected chi connectivity index (χ1v) is 7.24. The van der Waals surface area contributed by atoms with Crippen molar-refractivity contribution in [3.8, 4) is 0 Å². The fourth-order valence-electron chi connectivity index (χ4n) is 2.12. The van der Waals surface area contributed by atoms with Crippen LogP contribution in [-0.4, -0.2) is 22.0 Å². The van der Waals surface area contributed by atoms with Gasteiger partial charge in [0.2, 0.25) is 0 Å². The van der Waals surface area contributed by atoms with Crippen molar-refractivity contribution in [2.75, 3.05) is 0 Å². The predicted molar refractivity (Wildman–Crippen MR) is 80.9 cm³/mol. The third-order valence-electron chi connectivity index (χ3n) is 3.16. The van der Waals surface area contributed by atoms with E-state index in [2.05, 4.69) is 10.3 Å². The lowest BCUT2D eigenvalue weighted by Crippen LogP contribution is -2.26. The molecule has 0 unspecified atom stereocenters. The highest BCUT2D eigenvalue weighted by molar-refractivity contribution is 7.11. The van der Waals surface area contributed by atoms with Gasteiger partial charge in [-0.1, -0.05) is 12.1 Å². The Morgan fingerprint density at radius 1 is 1.19 bits per heavy atom. The van der Waals surface area contributed by atoms with E-state index in [1.54, 1.807) is 32.2 Å². The van der Waals surface area contributed by atoms with E-state index in [1.165, 1.54) is 11.3 Å². The summed E-state index contributed by atoms with van der Waals surface area (Å²) in [5.74, 6) is -1.46. The molecule has 1 aromatic heterocycles. The molecule has 1 aromatic carbocycles. The molecule has 1 heterocycles. The van der Waals surface area contributed by atoms with Crippen LogP contribution in [0.25, 0.3) is 0 Å². The number of aromatic carboxylic acids is 1. The van der Waals surface area contributed by atoms with Crippen molar-refractivity contribution in [1.29, 1.82) is 0 Å². The number of benzene rings is 1. The number of carbonyl (C=O) groups excluding carboxylic acids is 1. The van der Waals surface area contributed by atoms with Gasteiger partial charge < -0.3 is 10.4 Å². The molecule has 0 saturated heterocycles. The van der Waals surface area contributed by atoms with Gasteiger partial charge in [-0.15, -0.1) is 11.3 Å². The van der Waals surface area contributed by atoms with Crippen LogP contribution in [0.3, 0.4) is 0 Å². The lowest BCUT2D eigenvalue weighted by molar-refractivity contribution is 0.0690. The number of carboxylic acids is 1. The minimum atomic E-state index is -1.09. The van der Waals surface area contributed by atoms with Crippen LogP contribution in [0.2, 0.25) is 0 Å². The van der Waals surface area contributed by atoms with Crippen molar-refractivity contribution in [2.45, 2.75) is 27.3 Å². The number of amides is 1. The van der Waals surface area contributed by atoms with E-state index in [1.807, 2.05) is 6.92 Å². The molecule has 0 radical (unpaired) electrons. The van der Waals surface area contributed by atoms with Crippen molar-refractivity contribution >= 4 is 23.2 Å². The number of nitrogens with one attached hydrogen (secondary N) is 1. The van der Waals surface area contributed by atoms with Gasteiger partial charge in [-0.05, 0) is 31.9 Å². The molecule has 2 rings (SSSR count). The molecule has 0 aliphatic heterocycles. The summed E-state index contributed by atoms with van der Waals surface area (Å²) in [4.78, 5) is 28.8. The van der Waals surface area contributed by atoms with Crippen LogP contribution in [0.15, 0.2) is 18.3 Å². The highest BCUT2D eigenvalue weighted by Gasteiger charge is 2.21. The Hall–Kier alpha value is -2.21. The first-order valence-electron chi connectivity index (χ1n) is 6.43. The molecule has 110 valence electrons. The van der Waals surface area contributed by atoms with Gasteiger partial charge in [-0.25, -0.2) is 9.78 Å². The number of nitrogens with zero attached hydrogens (tertiary/aromatic N) is 1. The Kier molecular flexibility index (Phi) is 4.37. The summed E-state index contributed by atoms with van der Waals surface area (Å²) in [7, 11) is 0. The summed E-state index contributed by atoms with van der Waals surface area (Å²) in [5.41, 5.74) is 1.51. The number of aromatic nitrogens is 1. The fourth-order valence-corrected chi connectivity index (χ4v) is 2.86. The number of hydrogen-bond acceptors (Lipinski definition) is 4. The second kappa shape index (κ2) is 6.05. The lowest BCUT2D eigenvalue weighted by atomic mass is 9.96. The van der Waals surface area contributed by atoms with Gasteiger partial charge in [0.05, 0.1) is 22.7 Å². The third kappa shape index (κ3) is 3.28. The number of carbonyl (C=O) groups is 2. The normalized spacial score (nSPS) is 10.4. The minimum Gasteiger partial charge on any atom is -0.478 e. The molecule has 1 amide bonds. The monoisotopic (exact) mass is 304 g/mol. The van der Waals surface area contributed by atoms with Crippen molar-refractivity contribution in [3.05, 3.63) is 50.5 Å². The van der Waals surface area contributed by atoms with Crippen LogP contribution >= 0.6 is 11.3 Å². The van der Waals surface area contributed by atoms with E-state index in [9.17, 15) is 14.7 Å². The van der Waals surface area contributed by atoms with Crippen LogP contribution < -0.4 is 5.32 Å². The highest BCUT2D eigenvalue weighted by Crippen LogP contribution is 2.19. The van der Waals surface area contributed by atoms with Gasteiger partial charge >= 0.3 is 5.97 Å². The molecule has 2 N–H and O–H groups in total. The van der Waals surface area contributed by atoms with Crippen LogP contribution in [0.1, 0.15) is 41.7 Å². The summed E-state index contributed by atoms with van der Waals surface area (Å²) >= 11 is 1.50. The molecule has 0 atom stereocenters. The Labute approximate surface area is 126 Å². The van der Waals surface area contributed by atoms with Crippen molar-refractivity contribution in [2.24, 2.45) is 0 Å². The maximum atomic E-state index is 12.3. The van der Waals surface area contributed by atoms with E-state index >= 15 is 0 Å². The van der Waals surface area contributed by atoms with Gasteiger partial charge in [-0.3, -0.25) is 4.79 Å². The second-order valence-corrected chi connectivity index (χ2v) is 6.10. The SMILES string of the molecule is Cc1ncc(CNC(=O)c2c(C)ccc(C)c2C(=O)O)s1. The Balaban J connectivity index is 2.26. The van der Waals surface area contributed by atoms with Gasteiger partial charge in [0.1, 0.15) is 0 Å². The van der Waals surface area contributed by atoms with Crippen LogP contribution in [0.4, 0.5) is 0 Å². The average molecular weight is 304 g/mol. The largest absolute Gasteiger partial charge is 0.478 e. The van der Waals surface area contributed by atoms with Gasteiger partial charge in [0.15, 0.2) is 0 Å². The zero-order valence-corrected chi connectivity index (χ0v) is 12.9. The molecular weight excluding hydrogens is 288 g/mol. The van der Waals surface area contributed by atoms with Crippen molar-refractivity contribution in [1.82, 2.24) is 10.3 Å². The van der Waals surface area contributed by atoms with Crippen LogP contribution in [-0.2, 0) is 6.54 Å². The zero-order valence-electron chi connectivity index (χ0n) is 12.1. The maximum absolute atomic E-state index is 12.3. The summed E-state index contributed by atoms with van der Waals surface area (Å²) in [6.07, 6.45) is 1.71. The van der Waals surface area contributed by atoms with Crippen molar-refractivity contribution < 1.29 is 14.7 Å². The number of rotatable bonds is 4. The van der Waals surface area contributed by atoms with E-state index in [0.29, 0.717) is 17.7 Å². The molecule has 0 spiro atoms. The van der Waals surface area contributed by atoms with Gasteiger partial charge in [0.25, 0.3) is 5.91 Å². The van der Waals surface area contributed by atoms with E-state index < -0.39 is 5.97 Å². The standard InChI is InChI=1S/C15H16N2O3S/c1-8-4-5-9(2)13(15(19)20)12(8)14(18)17-7-11-6-16-10(3)21-11/h4-6H,7H2,1-3H3,(H,17,18)(H,19,20). The lowest BCUT2D eigenvalue weighted by Gasteiger charge is -2.12. The zero-order chi connectivity index (χ0) is 15.6. The summed E-state index contributed by atoms with van der Waals surface area (Å²) in [6.45, 7) is 5.66. The Morgan fingerprint density at radius 3 is 2.33 bits per heavy atom. The fraction of sp³-hybridized carbons (Fsp3) is 0.267. The summed E-state index contributed by atoms with van der Waals surface area (Å²) < 4.78 is 0. The maximum Gasteiger partial charge on any atom is 0.336 e. The molecule has 6 heteroatoms. The van der Waals surface area contributed by atoms with Gasteiger partial charge in [0, 0.05) is 11.1 Å². The third-order valence-corrected chi connectivity index (χ3v) is 4.07. The van der Waals surface area contributed by atoms with Crippen molar-refractivity contribution in [3.63, 3.8) is 0 Å². The average Bonchev–Trinajstić information content (AvgIpc) is 2.83. The van der Waals surface area contributed by atoms with E-state index in [-0.39, 0.29) is 17.0 Å². The smallest absolute Gasteiger partial charge is 0.336 e.